The van der Waals surface area contributed by atoms with Crippen LogP contribution < -0.4 is 0 Å². The first-order chi connectivity index (χ1) is 12.6. The summed E-state index contributed by atoms with van der Waals surface area (Å²) in [5.74, 6) is -0.106. The summed E-state index contributed by atoms with van der Waals surface area (Å²) in [6.45, 7) is 6.19. The van der Waals surface area contributed by atoms with E-state index in [1.54, 1.807) is 13.1 Å². The van der Waals surface area contributed by atoms with Crippen LogP contribution in [0.3, 0.4) is 0 Å². The molecule has 0 atom stereocenters. The van der Waals surface area contributed by atoms with Gasteiger partial charge in [0.05, 0.1) is 17.0 Å². The molecule has 3 aromatic rings. The lowest BCUT2D eigenvalue weighted by atomic mass is 10.1. The average Bonchev–Trinajstić information content (AvgIpc) is 3.11. The van der Waals surface area contributed by atoms with E-state index in [2.05, 4.69) is 11.9 Å². The van der Waals surface area contributed by atoms with E-state index >= 15 is 0 Å². The molecule has 0 aliphatic heterocycles. The van der Waals surface area contributed by atoms with Crippen LogP contribution in [0.5, 0.6) is 5.75 Å². The molecule has 2 aromatic heterocycles. The fourth-order valence-electron chi connectivity index (χ4n) is 2.80. The molecular formula is C20H21NO3S2. The minimum atomic E-state index is -0.337. The van der Waals surface area contributed by atoms with Crippen LogP contribution in [-0.2, 0) is 11.2 Å². The fourth-order valence-corrected chi connectivity index (χ4v) is 5.01. The standard InChI is InChI=1S/C20H21NO3S2/c1-4-8-14-12(3)17(20(23)24-5-2)19(26-14)21-11-16-18(22)13-9-6-7-10-15(13)25-16/h6-7,9-11,22H,4-5,8H2,1-3H3. The van der Waals surface area contributed by atoms with Crippen molar-refractivity contribution in [1.29, 1.82) is 0 Å². The normalized spacial score (nSPS) is 11.5. The predicted octanol–water partition coefficient (Wildman–Crippen LogP) is 5.86. The molecule has 1 N–H and O–H groups in total. The highest BCUT2D eigenvalue weighted by Crippen LogP contribution is 2.39. The van der Waals surface area contributed by atoms with Gasteiger partial charge in [0, 0.05) is 21.2 Å². The van der Waals surface area contributed by atoms with Crippen LogP contribution in [0.4, 0.5) is 5.00 Å². The zero-order valence-corrected chi connectivity index (χ0v) is 16.7. The molecule has 0 spiro atoms. The summed E-state index contributed by atoms with van der Waals surface area (Å²) in [5, 5.41) is 11.9. The number of thiophene rings is 2. The van der Waals surface area contributed by atoms with Crippen LogP contribution in [0.15, 0.2) is 29.3 Å². The van der Waals surface area contributed by atoms with E-state index in [0.717, 1.165) is 33.4 Å². The molecule has 0 unspecified atom stereocenters. The topological polar surface area (TPSA) is 58.9 Å². The zero-order valence-electron chi connectivity index (χ0n) is 15.0. The maximum Gasteiger partial charge on any atom is 0.341 e. The number of ether oxygens (including phenoxy) is 1. The number of esters is 1. The Bertz CT molecular complexity index is 969. The monoisotopic (exact) mass is 387 g/mol. The Hall–Kier alpha value is -2.18. The smallest absolute Gasteiger partial charge is 0.341 e. The second-order valence-corrected chi connectivity index (χ2v) is 8.04. The molecule has 0 saturated carbocycles. The third-order valence-electron chi connectivity index (χ3n) is 4.08. The van der Waals surface area contributed by atoms with E-state index in [1.165, 1.54) is 22.7 Å². The summed E-state index contributed by atoms with van der Waals surface area (Å²) in [6, 6.07) is 7.69. The Morgan fingerprint density at radius 3 is 2.73 bits per heavy atom. The zero-order chi connectivity index (χ0) is 18.7. The number of fused-ring (bicyclic) bond motifs is 1. The van der Waals surface area contributed by atoms with Crippen molar-refractivity contribution in [1.82, 2.24) is 0 Å². The lowest BCUT2D eigenvalue weighted by molar-refractivity contribution is 0.0527. The van der Waals surface area contributed by atoms with Crippen molar-refractivity contribution in [3.63, 3.8) is 0 Å². The van der Waals surface area contributed by atoms with Crippen LogP contribution in [0.25, 0.3) is 10.1 Å². The number of aromatic hydroxyl groups is 1. The minimum Gasteiger partial charge on any atom is -0.506 e. The average molecular weight is 388 g/mol. The van der Waals surface area contributed by atoms with E-state index in [1.807, 2.05) is 31.2 Å². The number of rotatable bonds is 6. The molecule has 26 heavy (non-hydrogen) atoms. The summed E-state index contributed by atoms with van der Waals surface area (Å²) in [7, 11) is 0. The number of nitrogens with zero attached hydrogens (tertiary/aromatic N) is 1. The molecule has 1 aromatic carbocycles. The number of carbonyl (C=O) groups is 1. The van der Waals surface area contributed by atoms with Crippen LogP contribution in [-0.4, -0.2) is 23.9 Å². The quantitative estimate of drug-likeness (QED) is 0.426. The molecule has 6 heteroatoms. The Labute approximate surface area is 160 Å². The summed E-state index contributed by atoms with van der Waals surface area (Å²) in [4.78, 5) is 18.8. The molecular weight excluding hydrogens is 366 g/mol. The van der Waals surface area contributed by atoms with E-state index in [4.69, 9.17) is 4.74 Å². The van der Waals surface area contributed by atoms with Gasteiger partial charge in [0.2, 0.25) is 0 Å². The SMILES string of the molecule is CCCc1sc(N=Cc2sc3ccccc3c2O)c(C(=O)OCC)c1C. The maximum atomic E-state index is 12.4. The molecule has 3 rings (SSSR count). The van der Waals surface area contributed by atoms with Gasteiger partial charge in [-0.3, -0.25) is 0 Å². The number of hydrogen-bond acceptors (Lipinski definition) is 6. The Balaban J connectivity index is 2.02. The molecule has 2 heterocycles. The van der Waals surface area contributed by atoms with E-state index in [0.29, 0.717) is 22.0 Å². The van der Waals surface area contributed by atoms with Crippen molar-refractivity contribution < 1.29 is 14.6 Å². The Kier molecular flexibility index (Phi) is 5.74. The highest BCUT2D eigenvalue weighted by atomic mass is 32.1. The molecule has 0 saturated heterocycles. The van der Waals surface area contributed by atoms with Gasteiger partial charge < -0.3 is 9.84 Å². The highest BCUT2D eigenvalue weighted by molar-refractivity contribution is 7.21. The van der Waals surface area contributed by atoms with Crippen molar-refractivity contribution in [3.05, 3.63) is 45.1 Å². The van der Waals surface area contributed by atoms with Crippen molar-refractivity contribution >= 4 is 49.9 Å². The first-order valence-corrected chi connectivity index (χ1v) is 10.2. The van der Waals surface area contributed by atoms with Crippen LogP contribution >= 0.6 is 22.7 Å². The van der Waals surface area contributed by atoms with E-state index < -0.39 is 0 Å². The number of carbonyl (C=O) groups excluding carboxylic acids is 1. The summed E-state index contributed by atoms with van der Waals surface area (Å²) in [6.07, 6.45) is 3.56. The third-order valence-corrected chi connectivity index (χ3v) is 6.43. The third kappa shape index (κ3) is 3.52. The van der Waals surface area contributed by atoms with Gasteiger partial charge in [-0.05, 0) is 38.0 Å². The number of benzene rings is 1. The largest absolute Gasteiger partial charge is 0.506 e. The van der Waals surface area contributed by atoms with Crippen LogP contribution in [0.1, 0.15) is 45.9 Å². The summed E-state index contributed by atoms with van der Waals surface area (Å²) < 4.78 is 6.22. The number of aliphatic imine (C=N–C) groups is 1. The maximum absolute atomic E-state index is 12.4. The van der Waals surface area contributed by atoms with E-state index in [9.17, 15) is 9.90 Å². The number of aryl methyl sites for hydroxylation is 1. The number of hydrogen-bond donors (Lipinski definition) is 1. The second kappa shape index (κ2) is 8.01. The van der Waals surface area contributed by atoms with Crippen LogP contribution in [0.2, 0.25) is 0 Å². The van der Waals surface area contributed by atoms with Gasteiger partial charge >= 0.3 is 5.97 Å². The van der Waals surface area contributed by atoms with Gasteiger partial charge in [0.15, 0.2) is 0 Å². The lowest BCUT2D eigenvalue weighted by Crippen LogP contribution is -2.05. The Morgan fingerprint density at radius 2 is 2.04 bits per heavy atom. The molecule has 0 radical (unpaired) electrons. The van der Waals surface area contributed by atoms with Gasteiger partial charge in [-0.2, -0.15) is 0 Å². The van der Waals surface area contributed by atoms with Gasteiger partial charge in [-0.15, -0.1) is 22.7 Å². The lowest BCUT2D eigenvalue weighted by Gasteiger charge is -2.02. The highest BCUT2D eigenvalue weighted by Gasteiger charge is 2.21. The minimum absolute atomic E-state index is 0.231. The molecule has 0 aliphatic rings. The van der Waals surface area contributed by atoms with Crippen molar-refractivity contribution in [2.75, 3.05) is 6.61 Å². The van der Waals surface area contributed by atoms with Crippen LogP contribution in [0, 0.1) is 6.92 Å². The van der Waals surface area contributed by atoms with Crippen molar-refractivity contribution in [2.45, 2.75) is 33.6 Å². The summed E-state index contributed by atoms with van der Waals surface area (Å²) >= 11 is 3.00. The van der Waals surface area contributed by atoms with Gasteiger partial charge in [0.25, 0.3) is 0 Å². The molecule has 0 fully saturated rings. The molecule has 0 bridgehead atoms. The van der Waals surface area contributed by atoms with Gasteiger partial charge in [-0.25, -0.2) is 9.79 Å². The molecule has 0 aliphatic carbocycles. The fraction of sp³-hybridized carbons (Fsp3) is 0.300. The van der Waals surface area contributed by atoms with Crippen molar-refractivity contribution in [3.8, 4) is 5.75 Å². The first-order valence-electron chi connectivity index (χ1n) is 8.60. The molecule has 4 nitrogen and oxygen atoms in total. The van der Waals surface area contributed by atoms with Crippen molar-refractivity contribution in [2.24, 2.45) is 4.99 Å². The molecule has 136 valence electrons. The Morgan fingerprint density at radius 1 is 1.27 bits per heavy atom. The van der Waals surface area contributed by atoms with E-state index in [-0.39, 0.29) is 11.7 Å². The van der Waals surface area contributed by atoms with Gasteiger partial charge in [0.1, 0.15) is 10.8 Å². The second-order valence-electron chi connectivity index (χ2n) is 5.87. The molecule has 0 amide bonds. The first kappa shape index (κ1) is 18.6. The predicted molar refractivity (Wildman–Crippen MR) is 110 cm³/mol. The van der Waals surface area contributed by atoms with Gasteiger partial charge in [-0.1, -0.05) is 25.5 Å². The summed E-state index contributed by atoms with van der Waals surface area (Å²) in [5.41, 5.74) is 1.49.